The minimum absolute atomic E-state index is 0.0638. The van der Waals surface area contributed by atoms with Gasteiger partial charge in [-0.1, -0.05) is 12.1 Å². The Morgan fingerprint density at radius 2 is 1.89 bits per heavy atom. The van der Waals surface area contributed by atoms with Crippen molar-refractivity contribution in [2.75, 3.05) is 27.2 Å². The lowest BCUT2D eigenvalue weighted by Gasteiger charge is -2.22. The van der Waals surface area contributed by atoms with Crippen molar-refractivity contribution < 1.29 is 4.79 Å². The van der Waals surface area contributed by atoms with Crippen LogP contribution in [0.1, 0.15) is 28.8 Å². The highest BCUT2D eigenvalue weighted by Gasteiger charge is 2.13. The van der Waals surface area contributed by atoms with E-state index in [1.807, 2.05) is 12.1 Å². The van der Waals surface area contributed by atoms with E-state index in [0.717, 1.165) is 31.0 Å². The second-order valence-electron chi connectivity index (χ2n) is 5.42. The summed E-state index contributed by atoms with van der Waals surface area (Å²) in [5, 5.41) is 3.38. The molecular formula is C16H23N2O. The molecule has 0 spiro atoms. The average Bonchev–Trinajstić information content (AvgIpc) is 2.46. The molecule has 3 heteroatoms. The summed E-state index contributed by atoms with van der Waals surface area (Å²) in [6.45, 7) is 2.27. The number of carbonyl (C=O) groups excluding carboxylic acids is 1. The molecule has 0 aromatic heterocycles. The van der Waals surface area contributed by atoms with Crippen LogP contribution in [0.25, 0.3) is 0 Å². The van der Waals surface area contributed by atoms with Gasteiger partial charge in [-0.2, -0.15) is 0 Å². The van der Waals surface area contributed by atoms with Crippen molar-refractivity contribution in [3.05, 3.63) is 41.8 Å². The van der Waals surface area contributed by atoms with E-state index in [1.54, 1.807) is 19.0 Å². The van der Waals surface area contributed by atoms with Gasteiger partial charge in [0.15, 0.2) is 0 Å². The maximum absolute atomic E-state index is 11.8. The number of amides is 1. The van der Waals surface area contributed by atoms with E-state index in [0.29, 0.717) is 0 Å². The molecule has 1 aliphatic heterocycles. The topological polar surface area (TPSA) is 32.3 Å². The fraction of sp³-hybridized carbons (Fsp3) is 0.500. The van der Waals surface area contributed by atoms with Crippen molar-refractivity contribution in [2.45, 2.75) is 19.3 Å². The Morgan fingerprint density at radius 1 is 1.26 bits per heavy atom. The summed E-state index contributed by atoms with van der Waals surface area (Å²) in [7, 11) is 3.56. The molecule has 0 aliphatic carbocycles. The summed E-state index contributed by atoms with van der Waals surface area (Å²) in [4.78, 5) is 13.4. The van der Waals surface area contributed by atoms with Crippen LogP contribution in [0.5, 0.6) is 0 Å². The first kappa shape index (κ1) is 14.1. The van der Waals surface area contributed by atoms with E-state index in [4.69, 9.17) is 0 Å². The van der Waals surface area contributed by atoms with Gasteiger partial charge in [-0.05, 0) is 62.4 Å². The molecule has 1 amide bonds. The molecule has 19 heavy (non-hydrogen) atoms. The molecule has 2 rings (SSSR count). The summed E-state index contributed by atoms with van der Waals surface area (Å²) in [6, 6.07) is 7.98. The predicted molar refractivity (Wildman–Crippen MR) is 78.1 cm³/mol. The molecule has 1 fully saturated rings. The van der Waals surface area contributed by atoms with Crippen LogP contribution in [0.3, 0.4) is 0 Å². The van der Waals surface area contributed by atoms with Crippen LogP contribution in [-0.4, -0.2) is 38.0 Å². The number of rotatable bonds is 4. The zero-order valence-corrected chi connectivity index (χ0v) is 11.9. The maximum Gasteiger partial charge on any atom is 0.253 e. The van der Waals surface area contributed by atoms with E-state index >= 15 is 0 Å². The molecule has 1 aliphatic rings. The number of carbonyl (C=O) groups is 1. The van der Waals surface area contributed by atoms with Gasteiger partial charge in [0.1, 0.15) is 0 Å². The third-order valence-electron chi connectivity index (χ3n) is 3.68. The Morgan fingerprint density at radius 3 is 2.47 bits per heavy atom. The lowest BCUT2D eigenvalue weighted by molar-refractivity contribution is 0.0827. The lowest BCUT2D eigenvalue weighted by Crippen LogP contribution is -2.28. The quantitative estimate of drug-likeness (QED) is 0.898. The number of benzene rings is 1. The first-order valence-corrected chi connectivity index (χ1v) is 7.01. The number of piperidine rings is 1. The Hall–Kier alpha value is -1.35. The molecule has 0 unspecified atom stereocenters. The molecule has 1 radical (unpaired) electrons. The second-order valence-corrected chi connectivity index (χ2v) is 5.42. The number of hydrogen-bond acceptors (Lipinski definition) is 2. The zero-order chi connectivity index (χ0) is 13.7. The van der Waals surface area contributed by atoms with Crippen molar-refractivity contribution in [3.8, 4) is 0 Å². The molecule has 1 saturated heterocycles. The van der Waals surface area contributed by atoms with Gasteiger partial charge in [0.05, 0.1) is 0 Å². The molecular weight excluding hydrogens is 236 g/mol. The molecule has 1 heterocycles. The van der Waals surface area contributed by atoms with Crippen LogP contribution in [0.2, 0.25) is 0 Å². The molecule has 3 nitrogen and oxygen atoms in total. The zero-order valence-electron chi connectivity index (χ0n) is 11.9. The van der Waals surface area contributed by atoms with Crippen molar-refractivity contribution in [3.63, 3.8) is 0 Å². The Bertz CT molecular complexity index is 405. The molecule has 0 saturated carbocycles. The summed E-state index contributed by atoms with van der Waals surface area (Å²) in [5.41, 5.74) is 2.05. The Balaban J connectivity index is 1.86. The molecule has 0 bridgehead atoms. The van der Waals surface area contributed by atoms with E-state index in [9.17, 15) is 4.79 Å². The third kappa shape index (κ3) is 4.06. The minimum Gasteiger partial charge on any atom is -0.345 e. The van der Waals surface area contributed by atoms with Gasteiger partial charge in [0.2, 0.25) is 0 Å². The van der Waals surface area contributed by atoms with Gasteiger partial charge in [-0.25, -0.2) is 0 Å². The van der Waals surface area contributed by atoms with Crippen molar-refractivity contribution in [1.29, 1.82) is 0 Å². The maximum atomic E-state index is 11.8. The first-order valence-electron chi connectivity index (χ1n) is 7.01. The average molecular weight is 259 g/mol. The third-order valence-corrected chi connectivity index (χ3v) is 3.68. The number of hydrogen-bond donors (Lipinski definition) is 1. The monoisotopic (exact) mass is 259 g/mol. The Labute approximate surface area is 116 Å². The highest BCUT2D eigenvalue weighted by atomic mass is 16.2. The second kappa shape index (κ2) is 6.71. The van der Waals surface area contributed by atoms with E-state index in [2.05, 4.69) is 23.9 Å². The van der Waals surface area contributed by atoms with Gasteiger partial charge in [0.25, 0.3) is 5.91 Å². The predicted octanol–water partition coefficient (Wildman–Crippen LogP) is 2.13. The van der Waals surface area contributed by atoms with E-state index in [-0.39, 0.29) is 5.91 Å². The first-order chi connectivity index (χ1) is 9.16. The normalized spacial score (nSPS) is 16.3. The highest BCUT2D eigenvalue weighted by molar-refractivity contribution is 5.93. The van der Waals surface area contributed by atoms with Crippen LogP contribution in [-0.2, 0) is 6.42 Å². The van der Waals surface area contributed by atoms with Gasteiger partial charge in [-0.15, -0.1) is 0 Å². The SMILES string of the molecule is CN(C)C(=O)c1ccc(C[CH]C2CCNCC2)cc1. The van der Waals surface area contributed by atoms with Crippen LogP contribution in [0.4, 0.5) is 0 Å². The summed E-state index contributed by atoms with van der Waals surface area (Å²) < 4.78 is 0. The summed E-state index contributed by atoms with van der Waals surface area (Å²) in [6.07, 6.45) is 5.92. The van der Waals surface area contributed by atoms with Crippen molar-refractivity contribution in [2.24, 2.45) is 5.92 Å². The molecule has 103 valence electrons. The van der Waals surface area contributed by atoms with Gasteiger partial charge >= 0.3 is 0 Å². The fourth-order valence-corrected chi connectivity index (χ4v) is 2.42. The number of nitrogens with zero attached hydrogens (tertiary/aromatic N) is 1. The largest absolute Gasteiger partial charge is 0.345 e. The van der Waals surface area contributed by atoms with Crippen LogP contribution in [0.15, 0.2) is 24.3 Å². The van der Waals surface area contributed by atoms with Gasteiger partial charge in [-0.3, -0.25) is 4.79 Å². The van der Waals surface area contributed by atoms with Crippen LogP contribution >= 0.6 is 0 Å². The van der Waals surface area contributed by atoms with E-state index < -0.39 is 0 Å². The molecule has 1 aromatic carbocycles. The molecule has 0 atom stereocenters. The molecule has 1 N–H and O–H groups in total. The smallest absolute Gasteiger partial charge is 0.253 e. The van der Waals surface area contributed by atoms with Gasteiger partial charge < -0.3 is 10.2 Å². The Kier molecular flexibility index (Phi) is 4.97. The highest BCUT2D eigenvalue weighted by Crippen LogP contribution is 2.18. The fourth-order valence-electron chi connectivity index (χ4n) is 2.42. The summed E-state index contributed by atoms with van der Waals surface area (Å²) >= 11 is 0. The van der Waals surface area contributed by atoms with E-state index in [1.165, 1.54) is 18.4 Å². The van der Waals surface area contributed by atoms with Crippen molar-refractivity contribution >= 4 is 5.91 Å². The van der Waals surface area contributed by atoms with Crippen molar-refractivity contribution in [1.82, 2.24) is 10.2 Å². The standard InChI is InChI=1S/C16H23N2O/c1-18(2)16(19)15-7-5-13(6-8-15)3-4-14-9-11-17-12-10-14/h4-8,14,17H,3,9-12H2,1-2H3. The molecule has 1 aromatic rings. The van der Waals surface area contributed by atoms with Crippen LogP contribution < -0.4 is 5.32 Å². The minimum atomic E-state index is 0.0638. The summed E-state index contributed by atoms with van der Waals surface area (Å²) in [5.74, 6) is 0.804. The number of nitrogens with one attached hydrogen (secondary N) is 1. The lowest BCUT2D eigenvalue weighted by atomic mass is 9.91. The van der Waals surface area contributed by atoms with Gasteiger partial charge in [0, 0.05) is 19.7 Å². The van der Waals surface area contributed by atoms with Crippen LogP contribution in [0, 0.1) is 12.3 Å².